The molecule has 0 unspecified atom stereocenters. The van der Waals surface area contributed by atoms with Crippen molar-refractivity contribution in [2.24, 2.45) is 7.05 Å². The normalized spacial score (nSPS) is 19.3. The van der Waals surface area contributed by atoms with Crippen molar-refractivity contribution in [3.63, 3.8) is 0 Å². The molecule has 1 aliphatic carbocycles. The fraction of sp³-hybridized carbons (Fsp3) is 0.450. The first-order valence-electron chi connectivity index (χ1n) is 9.97. The van der Waals surface area contributed by atoms with Crippen molar-refractivity contribution in [2.45, 2.75) is 50.6 Å². The fourth-order valence-corrected chi connectivity index (χ4v) is 3.95. The van der Waals surface area contributed by atoms with E-state index in [4.69, 9.17) is 0 Å². The number of fused-ring (bicyclic) bond motifs is 1. The maximum atomic E-state index is 13.1. The Bertz CT molecular complexity index is 1070. The van der Waals surface area contributed by atoms with Crippen LogP contribution in [0, 0.1) is 0 Å². The molecule has 4 rings (SSSR count). The van der Waals surface area contributed by atoms with Crippen LogP contribution in [0.4, 0.5) is 23.4 Å². The van der Waals surface area contributed by atoms with E-state index in [1.54, 1.807) is 22.6 Å². The third-order valence-corrected chi connectivity index (χ3v) is 5.46. The number of imidazole rings is 1. The predicted octanol–water partition coefficient (Wildman–Crippen LogP) is 4.10. The molecule has 1 amide bonds. The van der Waals surface area contributed by atoms with Crippen LogP contribution in [0.2, 0.25) is 0 Å². The molecule has 31 heavy (non-hydrogen) atoms. The minimum absolute atomic E-state index is 0.0890. The summed E-state index contributed by atoms with van der Waals surface area (Å²) >= 11 is 0. The molecule has 3 aromatic heterocycles. The first kappa shape index (κ1) is 21.1. The average Bonchev–Trinajstić information content (AvgIpc) is 3.34. The zero-order valence-corrected chi connectivity index (χ0v) is 16.7. The number of hydrogen-bond donors (Lipinski definition) is 2. The van der Waals surface area contributed by atoms with Gasteiger partial charge in [-0.25, -0.2) is 22.5 Å². The van der Waals surface area contributed by atoms with Crippen LogP contribution < -0.4 is 10.6 Å². The molecule has 0 spiro atoms. The van der Waals surface area contributed by atoms with Gasteiger partial charge in [-0.3, -0.25) is 13.9 Å². The van der Waals surface area contributed by atoms with Gasteiger partial charge in [-0.1, -0.05) is 6.07 Å². The number of halogens is 4. The molecule has 11 heteroatoms. The molecule has 0 aromatic carbocycles. The standard InChI is InChI=1S/C20H22F4N6O/c1-29-9-13(17(28-29)19(23)24)20(31)26-12-7-5-11(6-8-12)25-15-3-2-4-16-27-14(18(21)22)10-30(15)16/h2-4,9-12,18-19,25H,5-8H2,1H3,(H,26,31)/t11-,12+. The van der Waals surface area contributed by atoms with E-state index in [1.807, 2.05) is 0 Å². The Balaban J connectivity index is 1.36. The highest BCUT2D eigenvalue weighted by Crippen LogP contribution is 2.26. The lowest BCUT2D eigenvalue weighted by atomic mass is 9.91. The van der Waals surface area contributed by atoms with Gasteiger partial charge < -0.3 is 10.6 Å². The number of rotatable bonds is 6. The van der Waals surface area contributed by atoms with Gasteiger partial charge in [0.05, 0.1) is 5.56 Å². The van der Waals surface area contributed by atoms with Crippen LogP contribution in [0.3, 0.4) is 0 Å². The van der Waals surface area contributed by atoms with Crippen molar-refractivity contribution in [3.8, 4) is 0 Å². The van der Waals surface area contributed by atoms with E-state index in [1.165, 1.54) is 24.1 Å². The zero-order valence-electron chi connectivity index (χ0n) is 16.7. The van der Waals surface area contributed by atoms with Gasteiger partial charge in [0.1, 0.15) is 22.9 Å². The van der Waals surface area contributed by atoms with E-state index in [-0.39, 0.29) is 23.3 Å². The molecule has 0 bridgehead atoms. The number of aromatic nitrogens is 4. The summed E-state index contributed by atoms with van der Waals surface area (Å²) in [4.78, 5) is 16.4. The van der Waals surface area contributed by atoms with Crippen LogP contribution in [-0.2, 0) is 7.05 Å². The molecule has 1 saturated carbocycles. The molecule has 0 atom stereocenters. The van der Waals surface area contributed by atoms with Gasteiger partial charge in [0.2, 0.25) is 0 Å². The monoisotopic (exact) mass is 438 g/mol. The minimum atomic E-state index is -2.82. The largest absolute Gasteiger partial charge is 0.368 e. The lowest BCUT2D eigenvalue weighted by Gasteiger charge is -2.30. The number of hydrogen-bond acceptors (Lipinski definition) is 4. The third kappa shape index (κ3) is 4.49. The van der Waals surface area contributed by atoms with Crippen molar-refractivity contribution in [1.82, 2.24) is 24.5 Å². The van der Waals surface area contributed by atoms with Crippen LogP contribution in [0.15, 0.2) is 30.6 Å². The Morgan fingerprint density at radius 2 is 1.77 bits per heavy atom. The summed E-state index contributed by atoms with van der Waals surface area (Å²) in [6.07, 6.45) is -0.0628. The van der Waals surface area contributed by atoms with Crippen molar-refractivity contribution < 1.29 is 22.4 Å². The van der Waals surface area contributed by atoms with Gasteiger partial charge in [-0.15, -0.1) is 0 Å². The van der Waals surface area contributed by atoms with Crippen LogP contribution in [0.1, 0.15) is 60.3 Å². The van der Waals surface area contributed by atoms with Crippen molar-refractivity contribution in [1.29, 1.82) is 0 Å². The van der Waals surface area contributed by atoms with Crippen LogP contribution in [0.25, 0.3) is 5.65 Å². The molecule has 0 saturated heterocycles. The van der Waals surface area contributed by atoms with E-state index >= 15 is 0 Å². The highest BCUT2D eigenvalue weighted by atomic mass is 19.3. The number of anilines is 1. The molecular formula is C20H22F4N6O. The lowest BCUT2D eigenvalue weighted by Crippen LogP contribution is -2.40. The quantitative estimate of drug-likeness (QED) is 0.569. The predicted molar refractivity (Wildman–Crippen MR) is 105 cm³/mol. The summed E-state index contributed by atoms with van der Waals surface area (Å²) < 4.78 is 54.9. The van der Waals surface area contributed by atoms with E-state index in [9.17, 15) is 22.4 Å². The number of alkyl halides is 4. The number of carbonyl (C=O) groups excluding carboxylic acids is 1. The molecular weight excluding hydrogens is 416 g/mol. The molecule has 166 valence electrons. The first-order chi connectivity index (χ1) is 14.8. The van der Waals surface area contributed by atoms with Gasteiger partial charge in [0.15, 0.2) is 0 Å². The lowest BCUT2D eigenvalue weighted by molar-refractivity contribution is 0.0912. The molecule has 7 nitrogen and oxygen atoms in total. The molecule has 0 radical (unpaired) electrons. The number of amides is 1. The summed E-state index contributed by atoms with van der Waals surface area (Å²) in [6.45, 7) is 0. The Morgan fingerprint density at radius 1 is 1.06 bits per heavy atom. The fourth-order valence-electron chi connectivity index (χ4n) is 3.95. The van der Waals surface area contributed by atoms with Gasteiger partial charge in [0, 0.05) is 31.5 Å². The molecule has 0 aliphatic heterocycles. The van der Waals surface area contributed by atoms with Crippen molar-refractivity contribution in [2.75, 3.05) is 5.32 Å². The summed E-state index contributed by atoms with van der Waals surface area (Å²) in [6, 6.07) is 5.17. The number of carbonyl (C=O) groups is 1. The Hall–Kier alpha value is -3.11. The second-order valence-electron chi connectivity index (χ2n) is 7.67. The Morgan fingerprint density at radius 3 is 2.45 bits per heavy atom. The second kappa shape index (κ2) is 8.56. The average molecular weight is 438 g/mol. The van der Waals surface area contributed by atoms with Gasteiger partial charge in [-0.05, 0) is 37.8 Å². The summed E-state index contributed by atoms with van der Waals surface area (Å²) in [5, 5.41) is 9.85. The maximum absolute atomic E-state index is 13.1. The van der Waals surface area contributed by atoms with E-state index in [2.05, 4.69) is 20.7 Å². The smallest absolute Gasteiger partial charge is 0.282 e. The zero-order chi connectivity index (χ0) is 22.1. The molecule has 3 aromatic rings. The van der Waals surface area contributed by atoms with Gasteiger partial charge >= 0.3 is 0 Å². The Labute approximate surface area is 175 Å². The van der Waals surface area contributed by atoms with Crippen LogP contribution in [-0.4, -0.2) is 37.2 Å². The minimum Gasteiger partial charge on any atom is -0.368 e. The van der Waals surface area contributed by atoms with E-state index < -0.39 is 24.5 Å². The van der Waals surface area contributed by atoms with E-state index in [0.29, 0.717) is 24.3 Å². The van der Waals surface area contributed by atoms with Crippen LogP contribution >= 0.6 is 0 Å². The van der Waals surface area contributed by atoms with Crippen molar-refractivity contribution >= 4 is 17.4 Å². The SMILES string of the molecule is Cn1cc(C(=O)N[C@H]2CC[C@@H](Nc3cccc4nc(C(F)F)cn34)CC2)c(C(F)F)n1. The van der Waals surface area contributed by atoms with Gasteiger partial charge in [-0.2, -0.15) is 5.10 Å². The summed E-state index contributed by atoms with van der Waals surface area (Å²) in [5.41, 5.74) is -0.474. The van der Waals surface area contributed by atoms with Gasteiger partial charge in [0.25, 0.3) is 18.8 Å². The third-order valence-electron chi connectivity index (χ3n) is 5.46. The number of nitrogens with one attached hydrogen (secondary N) is 2. The molecule has 1 aliphatic rings. The van der Waals surface area contributed by atoms with E-state index in [0.717, 1.165) is 12.8 Å². The Kier molecular flexibility index (Phi) is 5.84. The highest BCUT2D eigenvalue weighted by Gasteiger charge is 2.27. The summed E-state index contributed by atoms with van der Waals surface area (Å²) in [7, 11) is 1.49. The maximum Gasteiger partial charge on any atom is 0.282 e. The number of aryl methyl sites for hydroxylation is 1. The number of nitrogens with zero attached hydrogens (tertiary/aromatic N) is 4. The molecule has 1 fully saturated rings. The van der Waals surface area contributed by atoms with Crippen molar-refractivity contribution in [3.05, 3.63) is 47.5 Å². The topological polar surface area (TPSA) is 76.2 Å². The first-order valence-corrected chi connectivity index (χ1v) is 9.97. The van der Waals surface area contributed by atoms with Crippen LogP contribution in [0.5, 0.6) is 0 Å². The second-order valence-corrected chi connectivity index (χ2v) is 7.67. The molecule has 2 N–H and O–H groups in total. The summed E-state index contributed by atoms with van der Waals surface area (Å²) in [5.74, 6) is 0.115. The number of pyridine rings is 1. The highest BCUT2D eigenvalue weighted by molar-refractivity contribution is 5.95. The molecule has 3 heterocycles.